The molecule has 0 aliphatic heterocycles. The molecule has 0 saturated heterocycles. The van der Waals surface area contributed by atoms with Crippen LogP contribution in [0.25, 0.3) is 0 Å². The van der Waals surface area contributed by atoms with Gasteiger partial charge in [0.25, 0.3) is 0 Å². The highest BCUT2D eigenvalue weighted by Gasteiger charge is 2.08. The third-order valence-electron chi connectivity index (χ3n) is 2.79. The van der Waals surface area contributed by atoms with Gasteiger partial charge in [-0.1, -0.05) is 41.9 Å². The second-order valence-corrected chi connectivity index (χ2v) is 4.57. The molecule has 0 fully saturated rings. The van der Waals surface area contributed by atoms with Crippen LogP contribution >= 0.6 is 11.6 Å². The van der Waals surface area contributed by atoms with Gasteiger partial charge in [-0.25, -0.2) is 4.79 Å². The summed E-state index contributed by atoms with van der Waals surface area (Å²) in [5.41, 5.74) is 2.20. The summed E-state index contributed by atoms with van der Waals surface area (Å²) < 4.78 is 0. The monoisotopic (exact) mass is 275 g/mol. The summed E-state index contributed by atoms with van der Waals surface area (Å²) in [6, 6.07) is 15.0. The Labute approximate surface area is 116 Å². The minimum absolute atomic E-state index is 0.121. The van der Waals surface area contributed by atoms with Crippen LogP contribution in [0, 0.1) is 0 Å². The Morgan fingerprint density at radius 3 is 2.53 bits per heavy atom. The number of hydrogen-bond acceptors (Lipinski definition) is 2. The lowest BCUT2D eigenvalue weighted by Crippen LogP contribution is -2.05. The normalized spacial score (nSPS) is 10.2. The highest BCUT2D eigenvalue weighted by atomic mass is 35.5. The zero-order chi connectivity index (χ0) is 13.7. The Morgan fingerprint density at radius 2 is 1.89 bits per heavy atom. The topological polar surface area (TPSA) is 49.3 Å². The standard InChI is InChI=1S/C15H14ClNO2/c16-14-10-12(6-7-13(14)15(18)19)17-9-8-11-4-2-1-3-5-11/h1-7,10,17H,8-9H2,(H,18,19). The van der Waals surface area contributed by atoms with E-state index < -0.39 is 5.97 Å². The van der Waals surface area contributed by atoms with Gasteiger partial charge in [0.1, 0.15) is 0 Å². The third kappa shape index (κ3) is 3.73. The third-order valence-corrected chi connectivity index (χ3v) is 3.10. The van der Waals surface area contributed by atoms with Crippen LogP contribution in [0.3, 0.4) is 0 Å². The second-order valence-electron chi connectivity index (χ2n) is 4.16. The van der Waals surface area contributed by atoms with E-state index >= 15 is 0 Å². The van der Waals surface area contributed by atoms with Gasteiger partial charge in [0.2, 0.25) is 0 Å². The average Bonchev–Trinajstić information content (AvgIpc) is 2.39. The van der Waals surface area contributed by atoms with E-state index in [1.54, 1.807) is 12.1 Å². The van der Waals surface area contributed by atoms with Crippen LogP contribution in [0.15, 0.2) is 48.5 Å². The molecular formula is C15H14ClNO2. The van der Waals surface area contributed by atoms with E-state index in [0.717, 1.165) is 18.7 Å². The van der Waals surface area contributed by atoms with Crippen molar-refractivity contribution in [2.45, 2.75) is 6.42 Å². The minimum atomic E-state index is -1.01. The van der Waals surface area contributed by atoms with Gasteiger partial charge in [-0.3, -0.25) is 0 Å². The molecule has 0 bridgehead atoms. The first-order valence-corrected chi connectivity index (χ1v) is 6.35. The number of anilines is 1. The molecule has 19 heavy (non-hydrogen) atoms. The Hall–Kier alpha value is -2.00. The lowest BCUT2D eigenvalue weighted by Gasteiger charge is -2.08. The summed E-state index contributed by atoms with van der Waals surface area (Å²) in [6.07, 6.45) is 0.902. The van der Waals surface area contributed by atoms with Crippen LogP contribution in [-0.2, 0) is 6.42 Å². The van der Waals surface area contributed by atoms with Crippen LogP contribution in [-0.4, -0.2) is 17.6 Å². The largest absolute Gasteiger partial charge is 0.478 e. The summed E-state index contributed by atoms with van der Waals surface area (Å²) in [6.45, 7) is 0.771. The average molecular weight is 276 g/mol. The number of hydrogen-bond donors (Lipinski definition) is 2. The number of carboxylic acids is 1. The van der Waals surface area contributed by atoms with E-state index in [9.17, 15) is 4.79 Å². The number of carboxylic acid groups (broad SMARTS) is 1. The first-order chi connectivity index (χ1) is 9.16. The van der Waals surface area contributed by atoms with E-state index in [4.69, 9.17) is 16.7 Å². The minimum Gasteiger partial charge on any atom is -0.478 e. The van der Waals surface area contributed by atoms with Crippen LogP contribution in [0.5, 0.6) is 0 Å². The number of aromatic carboxylic acids is 1. The lowest BCUT2D eigenvalue weighted by atomic mass is 10.1. The Kier molecular flexibility index (Phi) is 4.42. The van der Waals surface area contributed by atoms with E-state index in [2.05, 4.69) is 17.4 Å². The summed E-state index contributed by atoms with van der Waals surface area (Å²) in [7, 11) is 0. The van der Waals surface area contributed by atoms with Gasteiger partial charge >= 0.3 is 5.97 Å². The van der Waals surface area contributed by atoms with Gasteiger partial charge in [-0.2, -0.15) is 0 Å². The number of benzene rings is 2. The molecule has 0 saturated carbocycles. The molecule has 0 aromatic heterocycles. The van der Waals surface area contributed by atoms with Crippen LogP contribution in [0.2, 0.25) is 5.02 Å². The van der Waals surface area contributed by atoms with Crippen molar-refractivity contribution in [2.24, 2.45) is 0 Å². The molecule has 3 nitrogen and oxygen atoms in total. The zero-order valence-corrected chi connectivity index (χ0v) is 11.0. The molecule has 0 spiro atoms. The van der Waals surface area contributed by atoms with Crippen molar-refractivity contribution in [3.8, 4) is 0 Å². The highest BCUT2D eigenvalue weighted by molar-refractivity contribution is 6.33. The fourth-order valence-electron chi connectivity index (χ4n) is 1.79. The van der Waals surface area contributed by atoms with Crippen molar-refractivity contribution >= 4 is 23.3 Å². The molecule has 2 aromatic rings. The Balaban J connectivity index is 1.93. The van der Waals surface area contributed by atoms with Gasteiger partial charge in [-0.15, -0.1) is 0 Å². The molecule has 2 rings (SSSR count). The maximum atomic E-state index is 10.8. The Morgan fingerprint density at radius 1 is 1.16 bits per heavy atom. The van der Waals surface area contributed by atoms with E-state index in [1.807, 2.05) is 18.2 Å². The van der Waals surface area contributed by atoms with Crippen LogP contribution in [0.1, 0.15) is 15.9 Å². The van der Waals surface area contributed by atoms with Crippen molar-refractivity contribution in [1.82, 2.24) is 0 Å². The Bertz CT molecular complexity index is 570. The van der Waals surface area contributed by atoms with Crippen molar-refractivity contribution in [1.29, 1.82) is 0 Å². The lowest BCUT2D eigenvalue weighted by molar-refractivity contribution is 0.0697. The quantitative estimate of drug-likeness (QED) is 0.875. The molecule has 0 radical (unpaired) electrons. The number of halogens is 1. The molecule has 0 amide bonds. The van der Waals surface area contributed by atoms with Gasteiger partial charge < -0.3 is 10.4 Å². The fourth-order valence-corrected chi connectivity index (χ4v) is 2.06. The van der Waals surface area contributed by atoms with Gasteiger partial charge in [0, 0.05) is 12.2 Å². The summed E-state index contributed by atoms with van der Waals surface area (Å²) in [4.78, 5) is 10.8. The van der Waals surface area contributed by atoms with Crippen LogP contribution in [0.4, 0.5) is 5.69 Å². The smallest absolute Gasteiger partial charge is 0.337 e. The predicted molar refractivity (Wildman–Crippen MR) is 77.0 cm³/mol. The van der Waals surface area contributed by atoms with Gasteiger partial charge in [0.15, 0.2) is 0 Å². The molecule has 0 atom stereocenters. The van der Waals surface area contributed by atoms with Crippen molar-refractivity contribution in [3.05, 3.63) is 64.7 Å². The first kappa shape index (κ1) is 13.4. The zero-order valence-electron chi connectivity index (χ0n) is 10.3. The number of carbonyl (C=O) groups is 1. The predicted octanol–water partition coefficient (Wildman–Crippen LogP) is 3.69. The molecule has 0 unspecified atom stereocenters. The molecule has 2 N–H and O–H groups in total. The number of rotatable bonds is 5. The molecule has 98 valence electrons. The summed E-state index contributed by atoms with van der Waals surface area (Å²) in [5.74, 6) is -1.01. The maximum Gasteiger partial charge on any atom is 0.337 e. The van der Waals surface area contributed by atoms with E-state index in [1.165, 1.54) is 11.6 Å². The molecule has 0 heterocycles. The summed E-state index contributed by atoms with van der Waals surface area (Å²) >= 11 is 5.90. The van der Waals surface area contributed by atoms with Crippen molar-refractivity contribution in [2.75, 3.05) is 11.9 Å². The van der Waals surface area contributed by atoms with Gasteiger partial charge in [-0.05, 0) is 30.2 Å². The van der Waals surface area contributed by atoms with Crippen molar-refractivity contribution in [3.63, 3.8) is 0 Å². The number of nitrogens with one attached hydrogen (secondary N) is 1. The molecular weight excluding hydrogens is 262 g/mol. The SMILES string of the molecule is O=C(O)c1ccc(NCCc2ccccc2)cc1Cl. The van der Waals surface area contributed by atoms with E-state index in [0.29, 0.717) is 0 Å². The molecule has 4 heteroatoms. The van der Waals surface area contributed by atoms with Gasteiger partial charge in [0.05, 0.1) is 10.6 Å². The molecule has 2 aromatic carbocycles. The van der Waals surface area contributed by atoms with Crippen LogP contribution < -0.4 is 5.32 Å². The fraction of sp³-hybridized carbons (Fsp3) is 0.133. The molecule has 0 aliphatic carbocycles. The first-order valence-electron chi connectivity index (χ1n) is 5.97. The highest BCUT2D eigenvalue weighted by Crippen LogP contribution is 2.20. The molecule has 0 aliphatic rings. The second kappa shape index (κ2) is 6.25. The van der Waals surface area contributed by atoms with E-state index in [-0.39, 0.29) is 10.6 Å². The van der Waals surface area contributed by atoms with Crippen molar-refractivity contribution < 1.29 is 9.90 Å². The summed E-state index contributed by atoms with van der Waals surface area (Å²) in [5, 5.41) is 12.3. The maximum absolute atomic E-state index is 10.8.